The number of sulfonamides is 1. The normalized spacial score (nSPS) is 16.9. The predicted molar refractivity (Wildman–Crippen MR) is 98.0 cm³/mol. The topological polar surface area (TPSA) is 49.9 Å². The van der Waals surface area contributed by atoms with Gasteiger partial charge in [-0.05, 0) is 49.4 Å². The lowest BCUT2D eigenvalue weighted by molar-refractivity contribution is 0.270. The van der Waals surface area contributed by atoms with Crippen molar-refractivity contribution in [2.24, 2.45) is 0 Å². The standard InChI is InChI=1S/C19H22F2N2O3S/c1-26-15-6-8-16(9-7-15)27(24,25)23-11-3-10-22(12-13-23)14-17-18(20)4-2-5-19(17)21/h2,4-9H,3,10-14H2,1H3. The highest BCUT2D eigenvalue weighted by Gasteiger charge is 2.27. The number of benzene rings is 2. The first-order valence-corrected chi connectivity index (χ1v) is 10.2. The number of nitrogens with zero attached hydrogens (tertiary/aromatic N) is 2. The van der Waals surface area contributed by atoms with Crippen molar-refractivity contribution in [3.05, 3.63) is 59.7 Å². The molecule has 146 valence electrons. The maximum atomic E-state index is 13.9. The van der Waals surface area contributed by atoms with E-state index in [2.05, 4.69) is 0 Å². The summed E-state index contributed by atoms with van der Waals surface area (Å²) in [6, 6.07) is 10.1. The highest BCUT2D eigenvalue weighted by Crippen LogP contribution is 2.22. The van der Waals surface area contributed by atoms with Crippen molar-refractivity contribution >= 4 is 10.0 Å². The molecule has 0 amide bonds. The molecule has 0 radical (unpaired) electrons. The molecule has 0 N–H and O–H groups in total. The summed E-state index contributed by atoms with van der Waals surface area (Å²) in [4.78, 5) is 2.09. The summed E-state index contributed by atoms with van der Waals surface area (Å²) >= 11 is 0. The highest BCUT2D eigenvalue weighted by atomic mass is 32.2. The minimum Gasteiger partial charge on any atom is -0.497 e. The molecule has 0 aromatic heterocycles. The molecule has 3 rings (SSSR count). The van der Waals surface area contributed by atoms with Gasteiger partial charge in [0.2, 0.25) is 10.0 Å². The van der Waals surface area contributed by atoms with Gasteiger partial charge in [-0.1, -0.05) is 6.07 Å². The van der Waals surface area contributed by atoms with Crippen LogP contribution in [0, 0.1) is 11.6 Å². The van der Waals surface area contributed by atoms with Crippen LogP contribution in [0.2, 0.25) is 0 Å². The van der Waals surface area contributed by atoms with E-state index in [1.165, 1.54) is 41.7 Å². The molecular formula is C19H22F2N2O3S. The Labute approximate surface area is 158 Å². The number of rotatable bonds is 5. The van der Waals surface area contributed by atoms with Crippen molar-refractivity contribution in [3.63, 3.8) is 0 Å². The molecule has 0 aliphatic carbocycles. The van der Waals surface area contributed by atoms with Gasteiger partial charge in [0, 0.05) is 31.7 Å². The first-order chi connectivity index (χ1) is 12.9. The molecule has 1 aliphatic rings. The molecule has 0 saturated carbocycles. The lowest BCUT2D eigenvalue weighted by Gasteiger charge is -2.22. The van der Waals surface area contributed by atoms with Crippen LogP contribution in [0.25, 0.3) is 0 Å². The maximum absolute atomic E-state index is 13.9. The molecular weight excluding hydrogens is 374 g/mol. The molecule has 1 saturated heterocycles. The van der Waals surface area contributed by atoms with E-state index in [0.717, 1.165) is 0 Å². The molecule has 8 heteroatoms. The van der Waals surface area contributed by atoms with Crippen LogP contribution in [0.15, 0.2) is 47.4 Å². The third-order valence-corrected chi connectivity index (χ3v) is 6.60. The Bertz CT molecular complexity index is 868. The smallest absolute Gasteiger partial charge is 0.243 e. The number of methoxy groups -OCH3 is 1. The molecule has 1 fully saturated rings. The van der Waals surface area contributed by atoms with Crippen molar-refractivity contribution in [2.45, 2.75) is 17.9 Å². The first kappa shape index (κ1) is 19.7. The summed E-state index contributed by atoms with van der Waals surface area (Å²) in [5.41, 5.74) is 0.0176. The summed E-state index contributed by atoms with van der Waals surface area (Å²) in [5, 5.41) is 0. The Morgan fingerprint density at radius 1 is 0.963 bits per heavy atom. The quantitative estimate of drug-likeness (QED) is 0.780. The van der Waals surface area contributed by atoms with Crippen LogP contribution in [0.3, 0.4) is 0 Å². The Morgan fingerprint density at radius 2 is 1.63 bits per heavy atom. The van der Waals surface area contributed by atoms with E-state index in [-0.39, 0.29) is 23.5 Å². The summed E-state index contributed by atoms with van der Waals surface area (Å²) < 4.78 is 59.9. The van der Waals surface area contributed by atoms with Gasteiger partial charge in [0.1, 0.15) is 17.4 Å². The second-order valence-electron chi connectivity index (χ2n) is 6.41. The van der Waals surface area contributed by atoms with E-state index in [4.69, 9.17) is 4.74 Å². The summed E-state index contributed by atoms with van der Waals surface area (Å²) in [6.45, 7) is 1.73. The van der Waals surface area contributed by atoms with E-state index in [1.54, 1.807) is 12.1 Å². The van der Waals surface area contributed by atoms with Crippen molar-refractivity contribution in [1.29, 1.82) is 0 Å². The highest BCUT2D eigenvalue weighted by molar-refractivity contribution is 7.89. The zero-order chi connectivity index (χ0) is 19.4. The average molecular weight is 396 g/mol. The Morgan fingerprint density at radius 3 is 2.26 bits per heavy atom. The van der Waals surface area contributed by atoms with Gasteiger partial charge in [0.25, 0.3) is 0 Å². The van der Waals surface area contributed by atoms with Gasteiger partial charge in [0.15, 0.2) is 0 Å². The van der Waals surface area contributed by atoms with E-state index in [1.807, 2.05) is 4.90 Å². The minimum atomic E-state index is -3.62. The molecule has 5 nitrogen and oxygen atoms in total. The molecule has 0 unspecified atom stereocenters. The van der Waals surface area contributed by atoms with E-state index in [0.29, 0.717) is 31.8 Å². The van der Waals surface area contributed by atoms with Crippen LogP contribution < -0.4 is 4.74 Å². The third-order valence-electron chi connectivity index (χ3n) is 4.69. The zero-order valence-electron chi connectivity index (χ0n) is 15.1. The first-order valence-electron chi connectivity index (χ1n) is 8.71. The molecule has 27 heavy (non-hydrogen) atoms. The zero-order valence-corrected chi connectivity index (χ0v) is 15.9. The fourth-order valence-corrected chi connectivity index (χ4v) is 4.62. The number of ether oxygens (including phenoxy) is 1. The molecule has 0 atom stereocenters. The van der Waals surface area contributed by atoms with Gasteiger partial charge in [-0.25, -0.2) is 17.2 Å². The fourth-order valence-electron chi connectivity index (χ4n) is 3.15. The van der Waals surface area contributed by atoms with Crippen molar-refractivity contribution in [3.8, 4) is 5.75 Å². The Balaban J connectivity index is 1.70. The van der Waals surface area contributed by atoms with Crippen LogP contribution >= 0.6 is 0 Å². The van der Waals surface area contributed by atoms with Gasteiger partial charge in [-0.2, -0.15) is 4.31 Å². The summed E-state index contributed by atoms with van der Waals surface area (Å²) in [6.07, 6.45) is 0.589. The Kier molecular flexibility index (Phi) is 6.08. The van der Waals surface area contributed by atoms with E-state index in [9.17, 15) is 17.2 Å². The number of hydrogen-bond donors (Lipinski definition) is 0. The lowest BCUT2D eigenvalue weighted by Crippen LogP contribution is -2.35. The second-order valence-corrected chi connectivity index (χ2v) is 8.35. The minimum absolute atomic E-state index is 0.0176. The predicted octanol–water partition coefficient (Wildman–Crippen LogP) is 2.87. The van der Waals surface area contributed by atoms with Crippen LogP contribution in [0.1, 0.15) is 12.0 Å². The van der Waals surface area contributed by atoms with Gasteiger partial charge in [-0.3, -0.25) is 4.90 Å². The molecule has 0 bridgehead atoms. The van der Waals surface area contributed by atoms with Crippen LogP contribution in [0.5, 0.6) is 5.75 Å². The average Bonchev–Trinajstić information content (AvgIpc) is 2.91. The van der Waals surface area contributed by atoms with Crippen LogP contribution in [0.4, 0.5) is 8.78 Å². The summed E-state index contributed by atoms with van der Waals surface area (Å²) in [5.74, 6) is -0.577. The van der Waals surface area contributed by atoms with Gasteiger partial charge < -0.3 is 4.74 Å². The van der Waals surface area contributed by atoms with Gasteiger partial charge >= 0.3 is 0 Å². The van der Waals surface area contributed by atoms with Crippen molar-refractivity contribution in [1.82, 2.24) is 9.21 Å². The van der Waals surface area contributed by atoms with Gasteiger partial charge in [-0.15, -0.1) is 0 Å². The van der Waals surface area contributed by atoms with Crippen LogP contribution in [-0.4, -0.2) is 50.9 Å². The Hall–Kier alpha value is -2.03. The fraction of sp³-hybridized carbons (Fsp3) is 0.368. The molecule has 2 aromatic rings. The van der Waals surface area contributed by atoms with Crippen molar-refractivity contribution in [2.75, 3.05) is 33.3 Å². The molecule has 1 heterocycles. The summed E-state index contributed by atoms with van der Waals surface area (Å²) in [7, 11) is -2.10. The van der Waals surface area contributed by atoms with Gasteiger partial charge in [0.05, 0.1) is 12.0 Å². The number of halogens is 2. The monoisotopic (exact) mass is 396 g/mol. The second kappa shape index (κ2) is 8.33. The molecule has 0 spiro atoms. The van der Waals surface area contributed by atoms with Crippen molar-refractivity contribution < 1.29 is 21.9 Å². The van der Waals surface area contributed by atoms with Crippen LogP contribution in [-0.2, 0) is 16.6 Å². The van der Waals surface area contributed by atoms with E-state index < -0.39 is 21.7 Å². The maximum Gasteiger partial charge on any atom is 0.243 e. The van der Waals surface area contributed by atoms with E-state index >= 15 is 0 Å². The SMILES string of the molecule is COc1ccc(S(=O)(=O)N2CCCN(Cc3c(F)cccc3F)CC2)cc1. The molecule has 1 aliphatic heterocycles. The molecule has 2 aromatic carbocycles. The largest absolute Gasteiger partial charge is 0.497 e. The number of hydrogen-bond acceptors (Lipinski definition) is 4. The third kappa shape index (κ3) is 4.45. The lowest BCUT2D eigenvalue weighted by atomic mass is 10.2.